The highest BCUT2D eigenvalue weighted by molar-refractivity contribution is 5.92. The summed E-state index contributed by atoms with van der Waals surface area (Å²) in [5, 5.41) is 0. The van der Waals surface area contributed by atoms with Crippen molar-refractivity contribution in [3.63, 3.8) is 0 Å². The largest absolute Gasteiger partial charge is 0.497 e. The molecule has 20 heavy (non-hydrogen) atoms. The summed E-state index contributed by atoms with van der Waals surface area (Å²) in [7, 11) is 2.98. The first kappa shape index (κ1) is 16.3. The number of methoxy groups -OCH3 is 2. The van der Waals surface area contributed by atoms with Crippen LogP contribution in [0.5, 0.6) is 11.5 Å². The van der Waals surface area contributed by atoms with Gasteiger partial charge in [-0.25, -0.2) is 4.79 Å². The average Bonchev–Trinajstić information content (AvgIpc) is 2.49. The minimum absolute atomic E-state index is 0.179. The van der Waals surface area contributed by atoms with Gasteiger partial charge in [-0.15, -0.1) is 0 Å². The second-order valence-corrected chi connectivity index (χ2v) is 3.87. The molecule has 0 amide bonds. The number of ether oxygens (including phenoxy) is 3. The molecule has 1 aromatic rings. The summed E-state index contributed by atoms with van der Waals surface area (Å²) in [4.78, 5) is 21.4. The minimum atomic E-state index is -0.642. The van der Waals surface area contributed by atoms with E-state index in [1.807, 2.05) is 6.92 Å². The Morgan fingerprint density at radius 1 is 1.10 bits per heavy atom. The molecule has 0 aliphatic heterocycles. The zero-order valence-electron chi connectivity index (χ0n) is 12.0. The molecular formula is C14H20O6. The van der Waals surface area contributed by atoms with Crippen LogP contribution in [0.1, 0.15) is 23.7 Å². The van der Waals surface area contributed by atoms with Crippen molar-refractivity contribution in [1.82, 2.24) is 0 Å². The van der Waals surface area contributed by atoms with Crippen LogP contribution in [0, 0.1) is 0 Å². The van der Waals surface area contributed by atoms with E-state index in [1.54, 1.807) is 12.1 Å². The van der Waals surface area contributed by atoms with Crippen LogP contribution in [0.4, 0.5) is 0 Å². The molecule has 0 fully saturated rings. The number of rotatable bonds is 9. The fourth-order valence-corrected chi connectivity index (χ4v) is 1.45. The maximum atomic E-state index is 11.9. The molecule has 1 aromatic carbocycles. The number of carbonyl (C=O) groups excluding carboxylic acids is 1. The summed E-state index contributed by atoms with van der Waals surface area (Å²) >= 11 is 0. The van der Waals surface area contributed by atoms with Crippen molar-refractivity contribution in [2.75, 3.05) is 34.0 Å². The normalized spacial score (nSPS) is 10.2. The van der Waals surface area contributed by atoms with E-state index in [9.17, 15) is 4.79 Å². The van der Waals surface area contributed by atoms with Gasteiger partial charge >= 0.3 is 5.97 Å². The number of hydrogen-bond acceptors (Lipinski definition) is 6. The van der Waals surface area contributed by atoms with E-state index >= 15 is 0 Å². The summed E-state index contributed by atoms with van der Waals surface area (Å²) in [5.41, 5.74) is 0.237. The third kappa shape index (κ3) is 5.07. The molecule has 0 spiro atoms. The van der Waals surface area contributed by atoms with Gasteiger partial charge in [0.15, 0.2) is 0 Å². The van der Waals surface area contributed by atoms with Gasteiger partial charge < -0.3 is 14.2 Å². The summed E-state index contributed by atoms with van der Waals surface area (Å²) < 4.78 is 15.3. The molecule has 6 heteroatoms. The molecule has 1 rings (SSSR count). The molecule has 0 saturated carbocycles. The quantitative estimate of drug-likeness (QED) is 0.393. The molecular weight excluding hydrogens is 264 g/mol. The maximum absolute atomic E-state index is 11.9. The average molecular weight is 284 g/mol. The van der Waals surface area contributed by atoms with E-state index in [1.165, 1.54) is 20.3 Å². The summed E-state index contributed by atoms with van der Waals surface area (Å²) in [6.45, 7) is 3.21. The van der Waals surface area contributed by atoms with Gasteiger partial charge in [-0.1, -0.05) is 6.92 Å². The van der Waals surface area contributed by atoms with Gasteiger partial charge in [0, 0.05) is 6.61 Å². The second-order valence-electron chi connectivity index (χ2n) is 3.87. The fraction of sp³-hybridized carbons (Fsp3) is 0.500. The van der Waals surface area contributed by atoms with Crippen molar-refractivity contribution in [3.8, 4) is 11.5 Å². The third-order valence-corrected chi connectivity index (χ3v) is 2.42. The molecule has 0 radical (unpaired) electrons. The lowest BCUT2D eigenvalue weighted by Crippen LogP contribution is -2.11. The van der Waals surface area contributed by atoms with Crippen molar-refractivity contribution in [2.45, 2.75) is 13.3 Å². The highest BCUT2D eigenvalue weighted by atomic mass is 17.2. The molecule has 0 atom stereocenters. The molecule has 0 saturated heterocycles. The first-order valence-corrected chi connectivity index (χ1v) is 6.36. The molecule has 0 aliphatic carbocycles. The third-order valence-electron chi connectivity index (χ3n) is 2.42. The Morgan fingerprint density at radius 2 is 1.90 bits per heavy atom. The van der Waals surface area contributed by atoms with Crippen molar-refractivity contribution in [3.05, 3.63) is 23.8 Å². The Balaban J connectivity index is 2.49. The van der Waals surface area contributed by atoms with Crippen LogP contribution in [0.25, 0.3) is 0 Å². The Morgan fingerprint density at radius 3 is 2.55 bits per heavy atom. The number of hydrogen-bond donors (Lipinski definition) is 0. The van der Waals surface area contributed by atoms with Crippen LogP contribution in [0.3, 0.4) is 0 Å². The van der Waals surface area contributed by atoms with Gasteiger partial charge in [0.2, 0.25) is 0 Å². The van der Waals surface area contributed by atoms with E-state index < -0.39 is 5.97 Å². The number of carbonyl (C=O) groups is 1. The van der Waals surface area contributed by atoms with Crippen LogP contribution >= 0.6 is 0 Å². The zero-order chi connectivity index (χ0) is 14.8. The fourth-order valence-electron chi connectivity index (χ4n) is 1.45. The van der Waals surface area contributed by atoms with Crippen molar-refractivity contribution >= 4 is 5.97 Å². The molecule has 0 bridgehead atoms. The SMILES string of the molecule is CCCOCCOOC(=O)c1cc(OC)ccc1OC. The van der Waals surface area contributed by atoms with Gasteiger partial charge in [-0.3, -0.25) is 4.89 Å². The molecule has 0 aromatic heterocycles. The van der Waals surface area contributed by atoms with Crippen molar-refractivity contribution in [2.24, 2.45) is 0 Å². The summed E-state index contributed by atoms with van der Waals surface area (Å²) in [6.07, 6.45) is 0.931. The monoisotopic (exact) mass is 284 g/mol. The summed E-state index contributed by atoms with van der Waals surface area (Å²) in [5.74, 6) is 0.280. The van der Waals surface area contributed by atoms with Crippen LogP contribution in [-0.2, 0) is 14.5 Å². The number of benzene rings is 1. The Hall–Kier alpha value is -1.79. The Labute approximate surface area is 118 Å². The first-order chi connectivity index (χ1) is 9.72. The second kappa shape index (κ2) is 9.17. The van der Waals surface area contributed by atoms with Gasteiger partial charge in [0.05, 0.1) is 20.8 Å². The smallest absolute Gasteiger partial charge is 0.376 e. The molecule has 112 valence electrons. The predicted octanol–water partition coefficient (Wildman–Crippen LogP) is 2.22. The summed E-state index contributed by atoms with van der Waals surface area (Å²) in [6, 6.07) is 4.84. The standard InChI is InChI=1S/C14H20O6/c1-4-7-18-8-9-19-20-14(15)12-10-11(16-2)5-6-13(12)17-3/h5-6,10H,4,7-9H2,1-3H3. The maximum Gasteiger partial charge on any atom is 0.376 e. The molecule has 0 unspecified atom stereocenters. The van der Waals surface area contributed by atoms with E-state index in [0.717, 1.165) is 6.42 Å². The van der Waals surface area contributed by atoms with Gasteiger partial charge in [0.1, 0.15) is 23.7 Å². The van der Waals surface area contributed by atoms with Gasteiger partial charge in [-0.05, 0) is 24.6 Å². The molecule has 6 nitrogen and oxygen atoms in total. The predicted molar refractivity (Wildman–Crippen MR) is 72.0 cm³/mol. The lowest BCUT2D eigenvalue weighted by atomic mass is 10.2. The van der Waals surface area contributed by atoms with Crippen LogP contribution in [-0.4, -0.2) is 40.0 Å². The molecule has 0 heterocycles. The topological polar surface area (TPSA) is 63.2 Å². The van der Waals surface area contributed by atoms with Crippen molar-refractivity contribution in [1.29, 1.82) is 0 Å². The van der Waals surface area contributed by atoms with Gasteiger partial charge in [-0.2, -0.15) is 4.89 Å². The first-order valence-electron chi connectivity index (χ1n) is 6.36. The zero-order valence-corrected chi connectivity index (χ0v) is 12.0. The minimum Gasteiger partial charge on any atom is -0.497 e. The highest BCUT2D eigenvalue weighted by Crippen LogP contribution is 2.24. The highest BCUT2D eigenvalue weighted by Gasteiger charge is 2.16. The molecule has 0 aliphatic rings. The Bertz CT molecular complexity index is 418. The van der Waals surface area contributed by atoms with Crippen LogP contribution in [0.2, 0.25) is 0 Å². The Kier molecular flexibility index (Phi) is 7.46. The van der Waals surface area contributed by atoms with E-state index in [4.69, 9.17) is 24.0 Å². The molecule has 0 N–H and O–H groups in total. The van der Waals surface area contributed by atoms with E-state index in [-0.39, 0.29) is 12.2 Å². The van der Waals surface area contributed by atoms with Crippen molar-refractivity contribution < 1.29 is 28.8 Å². The van der Waals surface area contributed by atoms with E-state index in [0.29, 0.717) is 24.7 Å². The van der Waals surface area contributed by atoms with Crippen LogP contribution < -0.4 is 9.47 Å². The van der Waals surface area contributed by atoms with E-state index in [2.05, 4.69) is 0 Å². The van der Waals surface area contributed by atoms with Gasteiger partial charge in [0.25, 0.3) is 0 Å². The lowest BCUT2D eigenvalue weighted by Gasteiger charge is -2.09. The lowest BCUT2D eigenvalue weighted by molar-refractivity contribution is -0.247. The van der Waals surface area contributed by atoms with Crippen LogP contribution in [0.15, 0.2) is 18.2 Å².